The number of hydrogen-bond acceptors (Lipinski definition) is 2. The van der Waals surface area contributed by atoms with Crippen LogP contribution in [0.4, 0.5) is 5.69 Å². The highest BCUT2D eigenvalue weighted by Crippen LogP contribution is 2.28. The van der Waals surface area contributed by atoms with Crippen LogP contribution in [0.1, 0.15) is 26.5 Å². The van der Waals surface area contributed by atoms with Gasteiger partial charge in [-0.15, -0.1) is 0 Å². The van der Waals surface area contributed by atoms with E-state index in [9.17, 15) is 0 Å². The first-order chi connectivity index (χ1) is 5.46. The lowest BCUT2D eigenvalue weighted by Gasteiger charge is -2.20. The van der Waals surface area contributed by atoms with Crippen LogP contribution in [0.2, 0.25) is 0 Å². The lowest BCUT2D eigenvalue weighted by atomic mass is 9.91. The highest BCUT2D eigenvalue weighted by Gasteiger charge is 2.21. The fourth-order valence-corrected chi connectivity index (χ4v) is 1.51. The molecule has 0 amide bonds. The minimum Gasteiger partial charge on any atom is -0.385 e. The van der Waals surface area contributed by atoms with Gasteiger partial charge in [0.25, 0.3) is 0 Å². The molecule has 0 aromatic carbocycles. The quantitative estimate of drug-likeness (QED) is 0.690. The van der Waals surface area contributed by atoms with Crippen LogP contribution in [0, 0.1) is 0 Å². The second kappa shape index (κ2) is 2.81. The first kappa shape index (κ1) is 9.10. The lowest BCUT2D eigenvalue weighted by molar-refractivity contribution is 0.524. The Morgan fingerprint density at radius 3 is 2.33 bits per heavy atom. The van der Waals surface area contributed by atoms with Gasteiger partial charge < -0.3 is 5.32 Å². The number of nitrogens with one attached hydrogen (secondary N) is 1. The predicted octanol–water partition coefficient (Wildman–Crippen LogP) is 1.76. The standard InChI is InChI=1S/C9H17N3/c1-9(2,3)8-7(10-4)6-11-12(8)5/h6,10H,1-5H3. The van der Waals surface area contributed by atoms with Gasteiger partial charge in [-0.3, -0.25) is 4.68 Å². The van der Waals surface area contributed by atoms with Crippen molar-refractivity contribution in [1.29, 1.82) is 0 Å². The monoisotopic (exact) mass is 167 g/mol. The van der Waals surface area contributed by atoms with E-state index in [1.165, 1.54) is 5.69 Å². The molecule has 0 radical (unpaired) electrons. The maximum absolute atomic E-state index is 4.21. The van der Waals surface area contributed by atoms with Gasteiger partial charge in [-0.2, -0.15) is 5.10 Å². The summed E-state index contributed by atoms with van der Waals surface area (Å²) < 4.78 is 1.92. The second-order valence-corrected chi connectivity index (χ2v) is 4.03. The molecule has 0 unspecified atom stereocenters. The molecule has 1 N–H and O–H groups in total. The Balaban J connectivity index is 3.19. The molecule has 0 saturated carbocycles. The average molecular weight is 167 g/mol. The summed E-state index contributed by atoms with van der Waals surface area (Å²) in [6.07, 6.45) is 1.86. The van der Waals surface area contributed by atoms with Crippen molar-refractivity contribution in [3.8, 4) is 0 Å². The third kappa shape index (κ3) is 1.44. The number of aryl methyl sites for hydroxylation is 1. The largest absolute Gasteiger partial charge is 0.385 e. The molecule has 0 aliphatic rings. The second-order valence-electron chi connectivity index (χ2n) is 4.03. The molecule has 0 bridgehead atoms. The fourth-order valence-electron chi connectivity index (χ4n) is 1.51. The van der Waals surface area contributed by atoms with Crippen LogP contribution in [0.25, 0.3) is 0 Å². The maximum atomic E-state index is 4.21. The number of anilines is 1. The highest BCUT2D eigenvalue weighted by molar-refractivity contribution is 5.48. The van der Waals surface area contributed by atoms with Gasteiger partial charge in [0, 0.05) is 19.5 Å². The van der Waals surface area contributed by atoms with E-state index in [1.54, 1.807) is 0 Å². The first-order valence-corrected chi connectivity index (χ1v) is 4.17. The first-order valence-electron chi connectivity index (χ1n) is 4.17. The topological polar surface area (TPSA) is 29.9 Å². The molecule has 0 spiro atoms. The molecule has 1 aromatic heterocycles. The van der Waals surface area contributed by atoms with E-state index in [1.807, 2.05) is 25.0 Å². The van der Waals surface area contributed by atoms with Gasteiger partial charge in [0.05, 0.1) is 17.6 Å². The third-order valence-corrected chi connectivity index (χ3v) is 1.92. The van der Waals surface area contributed by atoms with E-state index in [-0.39, 0.29) is 5.41 Å². The molecule has 3 heteroatoms. The molecular formula is C9H17N3. The number of nitrogens with zero attached hydrogens (tertiary/aromatic N) is 2. The highest BCUT2D eigenvalue weighted by atomic mass is 15.3. The Bertz CT molecular complexity index is 268. The smallest absolute Gasteiger partial charge is 0.0761 e. The third-order valence-electron chi connectivity index (χ3n) is 1.92. The van der Waals surface area contributed by atoms with E-state index in [0.29, 0.717) is 0 Å². The number of aromatic nitrogens is 2. The zero-order chi connectivity index (χ0) is 9.35. The summed E-state index contributed by atoms with van der Waals surface area (Å²) in [6, 6.07) is 0. The molecule has 1 heterocycles. The minimum absolute atomic E-state index is 0.142. The molecular weight excluding hydrogens is 150 g/mol. The Kier molecular flexibility index (Phi) is 2.13. The molecule has 0 aliphatic heterocycles. The Hall–Kier alpha value is -0.990. The van der Waals surface area contributed by atoms with E-state index in [0.717, 1.165) is 5.69 Å². The molecule has 0 saturated heterocycles. The van der Waals surface area contributed by atoms with Crippen molar-refractivity contribution in [3.63, 3.8) is 0 Å². The van der Waals surface area contributed by atoms with Gasteiger partial charge in [-0.05, 0) is 0 Å². The molecule has 0 aliphatic carbocycles. The van der Waals surface area contributed by atoms with Crippen LogP contribution in [0.5, 0.6) is 0 Å². The SMILES string of the molecule is CNc1cnn(C)c1C(C)(C)C. The zero-order valence-corrected chi connectivity index (χ0v) is 8.47. The molecule has 0 fully saturated rings. The molecule has 0 atom stereocenters. The summed E-state index contributed by atoms with van der Waals surface area (Å²) in [7, 11) is 3.90. The van der Waals surface area contributed by atoms with Gasteiger partial charge in [0.15, 0.2) is 0 Å². The molecule has 3 nitrogen and oxygen atoms in total. The van der Waals surface area contributed by atoms with Gasteiger partial charge in [-0.1, -0.05) is 20.8 Å². The van der Waals surface area contributed by atoms with Crippen LogP contribution in [0.3, 0.4) is 0 Å². The fraction of sp³-hybridized carbons (Fsp3) is 0.667. The van der Waals surface area contributed by atoms with Crippen molar-refractivity contribution in [2.24, 2.45) is 7.05 Å². The van der Waals surface area contributed by atoms with E-state index in [4.69, 9.17) is 0 Å². The molecule has 1 aromatic rings. The summed E-state index contributed by atoms with van der Waals surface area (Å²) in [5.74, 6) is 0. The van der Waals surface area contributed by atoms with Crippen molar-refractivity contribution >= 4 is 5.69 Å². The van der Waals surface area contributed by atoms with Crippen LogP contribution < -0.4 is 5.32 Å². The normalized spacial score (nSPS) is 11.8. The summed E-state index contributed by atoms with van der Waals surface area (Å²) in [5, 5.41) is 7.35. The van der Waals surface area contributed by atoms with E-state index >= 15 is 0 Å². The van der Waals surface area contributed by atoms with Crippen molar-refractivity contribution in [3.05, 3.63) is 11.9 Å². The van der Waals surface area contributed by atoms with Crippen LogP contribution in [-0.4, -0.2) is 16.8 Å². The van der Waals surface area contributed by atoms with E-state index < -0.39 is 0 Å². The minimum atomic E-state index is 0.142. The van der Waals surface area contributed by atoms with Crippen LogP contribution in [-0.2, 0) is 12.5 Å². The van der Waals surface area contributed by atoms with Crippen LogP contribution >= 0.6 is 0 Å². The van der Waals surface area contributed by atoms with Gasteiger partial charge in [0.2, 0.25) is 0 Å². The molecule has 12 heavy (non-hydrogen) atoms. The summed E-state index contributed by atoms with van der Waals surface area (Å²) in [5.41, 5.74) is 2.50. The zero-order valence-electron chi connectivity index (χ0n) is 8.47. The maximum Gasteiger partial charge on any atom is 0.0761 e. The van der Waals surface area contributed by atoms with Gasteiger partial charge in [-0.25, -0.2) is 0 Å². The van der Waals surface area contributed by atoms with Crippen molar-refractivity contribution in [2.75, 3.05) is 12.4 Å². The van der Waals surface area contributed by atoms with Gasteiger partial charge in [0.1, 0.15) is 0 Å². The van der Waals surface area contributed by atoms with Crippen LogP contribution in [0.15, 0.2) is 6.20 Å². The lowest BCUT2D eigenvalue weighted by Crippen LogP contribution is -2.18. The Labute approximate surface area is 73.8 Å². The Morgan fingerprint density at radius 2 is 2.00 bits per heavy atom. The molecule has 1 rings (SSSR count). The summed E-state index contributed by atoms with van der Waals surface area (Å²) in [4.78, 5) is 0. The van der Waals surface area contributed by atoms with Gasteiger partial charge >= 0.3 is 0 Å². The number of rotatable bonds is 1. The predicted molar refractivity (Wildman–Crippen MR) is 51.5 cm³/mol. The van der Waals surface area contributed by atoms with Crippen molar-refractivity contribution in [1.82, 2.24) is 9.78 Å². The summed E-state index contributed by atoms with van der Waals surface area (Å²) in [6.45, 7) is 6.56. The number of hydrogen-bond donors (Lipinski definition) is 1. The van der Waals surface area contributed by atoms with E-state index in [2.05, 4.69) is 31.2 Å². The van der Waals surface area contributed by atoms with Crippen molar-refractivity contribution < 1.29 is 0 Å². The average Bonchev–Trinajstić information content (AvgIpc) is 2.29. The summed E-state index contributed by atoms with van der Waals surface area (Å²) >= 11 is 0. The molecule has 68 valence electrons. The Morgan fingerprint density at radius 1 is 1.42 bits per heavy atom. The van der Waals surface area contributed by atoms with Crippen molar-refractivity contribution in [2.45, 2.75) is 26.2 Å².